The first-order chi connectivity index (χ1) is 7.08. The van der Waals surface area contributed by atoms with Crippen molar-refractivity contribution in [1.29, 1.82) is 0 Å². The van der Waals surface area contributed by atoms with Crippen LogP contribution in [0.5, 0.6) is 0 Å². The Labute approximate surface area is 87.6 Å². The molecule has 2 N–H and O–H groups in total. The average molecular weight is 211 g/mol. The minimum atomic E-state index is -0.234. The van der Waals surface area contributed by atoms with Crippen LogP contribution >= 0.6 is 0 Å². The van der Waals surface area contributed by atoms with Gasteiger partial charge < -0.3 is 5.32 Å². The number of carbonyl (C=O) groups is 1. The lowest BCUT2D eigenvalue weighted by Crippen LogP contribution is -2.45. The van der Waals surface area contributed by atoms with Crippen LogP contribution in [0.1, 0.15) is 24.3 Å². The molecule has 0 saturated heterocycles. The third-order valence-corrected chi connectivity index (χ3v) is 1.92. The molecule has 82 valence electrons. The smallest absolute Gasteiger partial charge is 0.318 e. The molecule has 0 atom stereocenters. The Balaban J connectivity index is 3.05. The summed E-state index contributed by atoms with van der Waals surface area (Å²) in [7, 11) is 1.54. The predicted octanol–water partition coefficient (Wildman–Crippen LogP) is 0.716. The van der Waals surface area contributed by atoms with Crippen LogP contribution in [-0.2, 0) is 6.54 Å². The summed E-state index contributed by atoms with van der Waals surface area (Å²) in [5, 5.41) is 8.03. The van der Waals surface area contributed by atoms with E-state index in [-0.39, 0.29) is 11.7 Å². The minimum absolute atomic E-state index is 0.161. The maximum atomic E-state index is 11.4. The van der Waals surface area contributed by atoms with Gasteiger partial charge >= 0.3 is 5.91 Å². The van der Waals surface area contributed by atoms with E-state index in [0.717, 1.165) is 0 Å². The van der Waals surface area contributed by atoms with Crippen molar-refractivity contribution in [3.63, 3.8) is 0 Å². The normalized spacial score (nSPS) is 10.4. The number of nitrogens with one attached hydrogen (secondary N) is 2. The van der Waals surface area contributed by atoms with E-state index in [1.54, 1.807) is 11.7 Å². The van der Waals surface area contributed by atoms with Crippen LogP contribution in [0.25, 0.3) is 0 Å². The Hall–Kier alpha value is -1.72. The van der Waals surface area contributed by atoms with Crippen LogP contribution in [0, 0.1) is 10.8 Å². The number of hydrogen-bond donors (Lipinski definition) is 2. The Kier molecular flexibility index (Phi) is 3.54. The lowest BCUT2D eigenvalue weighted by atomic mass is 10.2. The Morgan fingerprint density at radius 3 is 2.80 bits per heavy atom. The largest absolute Gasteiger partial charge is 0.350 e. The minimum Gasteiger partial charge on any atom is -0.350 e. The van der Waals surface area contributed by atoms with Crippen molar-refractivity contribution < 1.29 is 9.48 Å². The molecule has 0 aliphatic heterocycles. The number of carbonyl (C=O) groups excluding carboxylic acids is 1. The molecule has 6 nitrogen and oxygen atoms in total. The van der Waals surface area contributed by atoms with E-state index in [9.17, 15) is 9.70 Å². The summed E-state index contributed by atoms with van der Waals surface area (Å²) in [4.78, 5) is 21.8. The number of H-pyrrole nitrogens is 1. The van der Waals surface area contributed by atoms with Crippen molar-refractivity contribution in [2.45, 2.75) is 20.4 Å². The van der Waals surface area contributed by atoms with Gasteiger partial charge in [-0.05, 0) is 5.18 Å². The lowest BCUT2D eigenvalue weighted by Gasteiger charge is -1.99. The number of amides is 1. The monoisotopic (exact) mass is 211 g/mol. The number of nitroso groups, excluding NO2 is 1. The van der Waals surface area contributed by atoms with Crippen LogP contribution in [0.2, 0.25) is 0 Å². The van der Waals surface area contributed by atoms with Gasteiger partial charge in [0.1, 0.15) is 0 Å². The molecule has 0 saturated carbocycles. The van der Waals surface area contributed by atoms with Crippen LogP contribution in [0.15, 0.2) is 11.2 Å². The molecule has 15 heavy (non-hydrogen) atoms. The third-order valence-electron chi connectivity index (χ3n) is 1.92. The van der Waals surface area contributed by atoms with Gasteiger partial charge in [-0.1, -0.05) is 13.8 Å². The fraction of sp³-hybridized carbons (Fsp3) is 0.556. The first-order valence-electron chi connectivity index (χ1n) is 4.76. The molecule has 1 aromatic heterocycles. The van der Waals surface area contributed by atoms with E-state index >= 15 is 0 Å². The molecule has 6 heteroatoms. The van der Waals surface area contributed by atoms with Gasteiger partial charge in [0.05, 0.1) is 6.07 Å². The van der Waals surface area contributed by atoms with Crippen LogP contribution in [-0.4, -0.2) is 18.1 Å². The Bertz CT molecular complexity index is 370. The highest BCUT2D eigenvalue weighted by molar-refractivity contribution is 5.91. The Morgan fingerprint density at radius 2 is 2.33 bits per heavy atom. The van der Waals surface area contributed by atoms with Crippen molar-refractivity contribution >= 4 is 11.7 Å². The summed E-state index contributed by atoms with van der Waals surface area (Å²) in [6.45, 7) is 4.68. The molecule has 1 amide bonds. The molecule has 1 aromatic rings. The van der Waals surface area contributed by atoms with Crippen LogP contribution in [0.3, 0.4) is 0 Å². The summed E-state index contributed by atoms with van der Waals surface area (Å²) >= 11 is 0. The van der Waals surface area contributed by atoms with E-state index in [2.05, 4.69) is 15.6 Å². The van der Waals surface area contributed by atoms with Crippen LogP contribution in [0.4, 0.5) is 5.82 Å². The maximum Gasteiger partial charge on any atom is 0.318 e. The quantitative estimate of drug-likeness (QED) is 0.568. The molecular formula is C9H15N4O2+. The number of aromatic amines is 1. The zero-order valence-corrected chi connectivity index (χ0v) is 9.07. The topological polar surface area (TPSA) is 78.2 Å². The number of rotatable bonds is 4. The highest BCUT2D eigenvalue weighted by Gasteiger charge is 2.23. The first-order valence-corrected chi connectivity index (χ1v) is 4.76. The summed E-state index contributed by atoms with van der Waals surface area (Å²) in [6.07, 6.45) is 0. The van der Waals surface area contributed by atoms with Crippen molar-refractivity contribution in [2.24, 2.45) is 11.1 Å². The van der Waals surface area contributed by atoms with Crippen LogP contribution < -0.4 is 10.00 Å². The van der Waals surface area contributed by atoms with Gasteiger partial charge in [0, 0.05) is 13.0 Å². The summed E-state index contributed by atoms with van der Waals surface area (Å²) < 4.78 is 1.63. The van der Waals surface area contributed by atoms with E-state index in [1.807, 2.05) is 13.8 Å². The molecular weight excluding hydrogens is 196 g/mol. The highest BCUT2D eigenvalue weighted by atomic mass is 16.3. The average Bonchev–Trinajstić information content (AvgIpc) is 2.59. The number of hydrogen-bond acceptors (Lipinski definition) is 3. The van der Waals surface area contributed by atoms with E-state index in [0.29, 0.717) is 18.2 Å². The highest BCUT2D eigenvalue weighted by Crippen LogP contribution is 2.07. The summed E-state index contributed by atoms with van der Waals surface area (Å²) in [5.41, 5.74) is 0.417. The molecule has 0 aliphatic carbocycles. The van der Waals surface area contributed by atoms with Gasteiger partial charge in [-0.25, -0.2) is 0 Å². The molecule has 0 aliphatic rings. The van der Waals surface area contributed by atoms with Crippen molar-refractivity contribution in [3.8, 4) is 0 Å². The van der Waals surface area contributed by atoms with Gasteiger partial charge in [0.15, 0.2) is 6.54 Å². The first kappa shape index (κ1) is 11.4. The third kappa shape index (κ3) is 2.61. The maximum absolute atomic E-state index is 11.4. The van der Waals surface area contributed by atoms with Crippen molar-refractivity contribution in [3.05, 3.63) is 16.7 Å². The number of nitrogens with zero attached hydrogens (tertiary/aromatic N) is 2. The predicted molar refractivity (Wildman–Crippen MR) is 54.7 cm³/mol. The molecule has 0 spiro atoms. The Morgan fingerprint density at radius 1 is 1.67 bits per heavy atom. The zero-order valence-electron chi connectivity index (χ0n) is 9.07. The standard InChI is InChI=1S/C9H14N4O2/c1-6(2)5-13-7(9(14)10-3)4-8(11-13)12-15/h4,6H,5H2,1-3H3,(H,10,14)/p+1. The fourth-order valence-corrected chi connectivity index (χ4v) is 1.31. The second-order valence-corrected chi connectivity index (χ2v) is 3.70. The second-order valence-electron chi connectivity index (χ2n) is 3.70. The van der Waals surface area contributed by atoms with Crippen molar-refractivity contribution in [2.75, 3.05) is 7.05 Å². The molecule has 0 aromatic carbocycles. The number of aromatic nitrogens is 2. The molecule has 0 bridgehead atoms. The van der Waals surface area contributed by atoms with Crippen molar-refractivity contribution in [1.82, 2.24) is 10.4 Å². The molecule has 0 fully saturated rings. The van der Waals surface area contributed by atoms with E-state index < -0.39 is 0 Å². The van der Waals surface area contributed by atoms with Gasteiger partial charge in [0.2, 0.25) is 5.82 Å². The van der Waals surface area contributed by atoms with E-state index in [4.69, 9.17) is 0 Å². The second kappa shape index (κ2) is 4.68. The lowest BCUT2D eigenvalue weighted by molar-refractivity contribution is -0.755. The van der Waals surface area contributed by atoms with Gasteiger partial charge in [-0.15, -0.1) is 14.7 Å². The van der Waals surface area contributed by atoms with E-state index in [1.165, 1.54) is 6.07 Å². The van der Waals surface area contributed by atoms with Gasteiger partial charge in [-0.2, -0.15) is 0 Å². The zero-order chi connectivity index (χ0) is 11.4. The summed E-state index contributed by atoms with van der Waals surface area (Å²) in [5.74, 6) is 0.299. The molecule has 0 radical (unpaired) electrons. The molecule has 1 rings (SSSR count). The van der Waals surface area contributed by atoms with Gasteiger partial charge in [0.25, 0.3) is 5.69 Å². The molecule has 1 heterocycles. The molecule has 0 unspecified atom stereocenters. The summed E-state index contributed by atoms with van der Waals surface area (Å²) in [6, 6.07) is 1.44. The van der Waals surface area contributed by atoms with Gasteiger partial charge in [-0.3, -0.25) is 4.79 Å². The SMILES string of the molecule is CNC(=O)c1cc(N=O)[nH][n+]1CC(C)C. The fourth-order valence-electron chi connectivity index (χ4n) is 1.31.